The van der Waals surface area contributed by atoms with Crippen molar-refractivity contribution < 1.29 is 19.8 Å². The molecular weight excluding hydrogens is 346 g/mol. The Morgan fingerprint density at radius 2 is 1.92 bits per heavy atom. The van der Waals surface area contributed by atoms with Crippen molar-refractivity contribution in [1.82, 2.24) is 0 Å². The summed E-state index contributed by atoms with van der Waals surface area (Å²) in [5.41, 5.74) is 0.904. The number of rotatable bonds is 3. The molecule has 120 valence electrons. The number of phenols is 1. The fourth-order valence-electron chi connectivity index (χ4n) is 2.29. The fraction of sp³-hybridized carbons (Fsp3) is 0. The van der Waals surface area contributed by atoms with Crippen molar-refractivity contribution in [3.8, 4) is 5.75 Å². The van der Waals surface area contributed by atoms with Crippen LogP contribution in [-0.4, -0.2) is 26.4 Å². The van der Waals surface area contributed by atoms with E-state index in [2.05, 4.69) is 0 Å². The van der Waals surface area contributed by atoms with E-state index in [1.165, 1.54) is 23.1 Å². The Bertz CT molecular complexity index is 892. The van der Waals surface area contributed by atoms with Crippen LogP contribution in [0.4, 0.5) is 5.69 Å². The van der Waals surface area contributed by atoms with Gasteiger partial charge in [0.05, 0.1) is 16.2 Å². The number of para-hydroxylation sites is 1. The monoisotopic (exact) mass is 357 g/mol. The number of carboxylic acids is 1. The first kappa shape index (κ1) is 16.2. The molecule has 1 amide bonds. The van der Waals surface area contributed by atoms with Crippen LogP contribution in [0.3, 0.4) is 0 Å². The standard InChI is InChI=1S/C17H11NO4S2/c19-11-5-3-4-10(8-11)9-14-15(20)18(17(23)24-14)13-7-2-1-6-12(13)16(21)22/h1-9,19H,(H,21,22)/b14-9-. The fourth-order valence-corrected chi connectivity index (χ4v) is 3.58. The lowest BCUT2D eigenvalue weighted by atomic mass is 10.1. The van der Waals surface area contributed by atoms with E-state index in [0.717, 1.165) is 11.8 Å². The second-order valence-corrected chi connectivity index (χ2v) is 6.61. The molecule has 0 saturated carbocycles. The topological polar surface area (TPSA) is 77.8 Å². The molecule has 1 aliphatic heterocycles. The number of thioether (sulfide) groups is 1. The molecule has 1 aliphatic rings. The van der Waals surface area contributed by atoms with E-state index in [-0.39, 0.29) is 27.2 Å². The van der Waals surface area contributed by atoms with Crippen LogP contribution in [0.1, 0.15) is 15.9 Å². The second-order valence-electron chi connectivity index (χ2n) is 4.93. The largest absolute Gasteiger partial charge is 0.508 e. The molecule has 2 N–H and O–H groups in total. The number of carbonyl (C=O) groups excluding carboxylic acids is 1. The average molecular weight is 357 g/mol. The van der Waals surface area contributed by atoms with E-state index in [1.807, 2.05) is 0 Å². The minimum atomic E-state index is -1.13. The highest BCUT2D eigenvalue weighted by Crippen LogP contribution is 2.37. The predicted octanol–water partition coefficient (Wildman–Crippen LogP) is 3.50. The third kappa shape index (κ3) is 3.04. The molecule has 0 spiro atoms. The summed E-state index contributed by atoms with van der Waals surface area (Å²) >= 11 is 6.34. The maximum absolute atomic E-state index is 12.7. The Balaban J connectivity index is 2.00. The molecule has 1 heterocycles. The summed E-state index contributed by atoms with van der Waals surface area (Å²) < 4.78 is 0.264. The summed E-state index contributed by atoms with van der Waals surface area (Å²) in [4.78, 5) is 25.6. The Kier molecular flexibility index (Phi) is 4.37. The number of amides is 1. The van der Waals surface area contributed by atoms with Crippen LogP contribution in [0.25, 0.3) is 6.08 Å². The van der Waals surface area contributed by atoms with Gasteiger partial charge in [0.25, 0.3) is 5.91 Å². The predicted molar refractivity (Wildman–Crippen MR) is 97.2 cm³/mol. The lowest BCUT2D eigenvalue weighted by molar-refractivity contribution is -0.113. The Labute approximate surface area is 147 Å². The molecule has 5 nitrogen and oxygen atoms in total. The Hall–Kier alpha value is -2.64. The Morgan fingerprint density at radius 1 is 1.17 bits per heavy atom. The van der Waals surface area contributed by atoms with Crippen LogP contribution in [-0.2, 0) is 4.79 Å². The summed E-state index contributed by atoms with van der Waals surface area (Å²) in [5, 5.41) is 18.8. The number of hydrogen-bond acceptors (Lipinski definition) is 5. The minimum Gasteiger partial charge on any atom is -0.508 e. The van der Waals surface area contributed by atoms with Crippen LogP contribution in [0.5, 0.6) is 5.75 Å². The number of nitrogens with zero attached hydrogens (tertiary/aromatic N) is 1. The van der Waals surface area contributed by atoms with E-state index in [9.17, 15) is 19.8 Å². The number of benzene rings is 2. The molecule has 1 saturated heterocycles. The quantitative estimate of drug-likeness (QED) is 0.647. The van der Waals surface area contributed by atoms with Crippen molar-refractivity contribution in [2.45, 2.75) is 0 Å². The highest BCUT2D eigenvalue weighted by Gasteiger charge is 2.35. The summed E-state index contributed by atoms with van der Waals surface area (Å²) in [6, 6.07) is 12.7. The summed E-state index contributed by atoms with van der Waals surface area (Å²) in [6.45, 7) is 0. The molecule has 1 fully saturated rings. The van der Waals surface area contributed by atoms with Crippen LogP contribution in [0, 0.1) is 0 Å². The van der Waals surface area contributed by atoms with Gasteiger partial charge in [-0.1, -0.05) is 48.2 Å². The number of hydrogen-bond donors (Lipinski definition) is 2. The van der Waals surface area contributed by atoms with Crippen molar-refractivity contribution >= 4 is 51.9 Å². The van der Waals surface area contributed by atoms with E-state index < -0.39 is 5.97 Å². The second kappa shape index (κ2) is 6.46. The first-order chi connectivity index (χ1) is 11.5. The molecule has 2 aromatic rings. The van der Waals surface area contributed by atoms with Crippen LogP contribution in [0.2, 0.25) is 0 Å². The van der Waals surface area contributed by atoms with Crippen molar-refractivity contribution in [3.63, 3.8) is 0 Å². The number of phenolic OH excluding ortho intramolecular Hbond substituents is 1. The first-order valence-electron chi connectivity index (χ1n) is 6.86. The SMILES string of the molecule is O=C(O)c1ccccc1N1C(=O)/C(=C/c2cccc(O)c2)SC1=S. The van der Waals surface area contributed by atoms with Gasteiger partial charge in [-0.05, 0) is 35.9 Å². The normalized spacial score (nSPS) is 16.0. The van der Waals surface area contributed by atoms with Gasteiger partial charge in [-0.3, -0.25) is 9.69 Å². The van der Waals surface area contributed by atoms with Crippen molar-refractivity contribution in [2.24, 2.45) is 0 Å². The third-order valence-electron chi connectivity index (χ3n) is 3.34. The number of aromatic carboxylic acids is 1. The van der Waals surface area contributed by atoms with Crippen LogP contribution in [0.15, 0.2) is 53.4 Å². The minimum absolute atomic E-state index is 0.00686. The lowest BCUT2D eigenvalue weighted by Crippen LogP contribution is -2.29. The van der Waals surface area contributed by atoms with Gasteiger partial charge < -0.3 is 10.2 Å². The number of anilines is 1. The van der Waals surface area contributed by atoms with Gasteiger partial charge in [-0.15, -0.1) is 0 Å². The van der Waals surface area contributed by atoms with Crippen LogP contribution < -0.4 is 4.90 Å². The number of aromatic hydroxyl groups is 1. The van der Waals surface area contributed by atoms with Gasteiger partial charge in [-0.2, -0.15) is 0 Å². The highest BCUT2D eigenvalue weighted by atomic mass is 32.2. The smallest absolute Gasteiger partial charge is 0.337 e. The maximum atomic E-state index is 12.7. The van der Waals surface area contributed by atoms with Gasteiger partial charge in [0.15, 0.2) is 4.32 Å². The zero-order valence-electron chi connectivity index (χ0n) is 12.2. The van der Waals surface area contributed by atoms with E-state index in [0.29, 0.717) is 10.5 Å². The molecule has 3 rings (SSSR count). The first-order valence-corrected chi connectivity index (χ1v) is 8.09. The zero-order chi connectivity index (χ0) is 17.3. The van der Waals surface area contributed by atoms with E-state index in [1.54, 1.807) is 36.4 Å². The Morgan fingerprint density at radius 3 is 2.62 bits per heavy atom. The molecule has 24 heavy (non-hydrogen) atoms. The molecular formula is C17H11NO4S2. The van der Waals surface area contributed by atoms with Gasteiger partial charge in [0, 0.05) is 0 Å². The molecule has 0 aliphatic carbocycles. The van der Waals surface area contributed by atoms with Gasteiger partial charge in [0.2, 0.25) is 0 Å². The lowest BCUT2D eigenvalue weighted by Gasteiger charge is -2.16. The van der Waals surface area contributed by atoms with Crippen LogP contribution >= 0.6 is 24.0 Å². The molecule has 7 heteroatoms. The molecule has 0 unspecified atom stereocenters. The van der Waals surface area contributed by atoms with E-state index >= 15 is 0 Å². The molecule has 0 atom stereocenters. The van der Waals surface area contributed by atoms with Crippen molar-refractivity contribution in [2.75, 3.05) is 4.90 Å². The van der Waals surface area contributed by atoms with Gasteiger partial charge in [-0.25, -0.2) is 4.79 Å². The summed E-state index contributed by atoms with van der Waals surface area (Å²) in [7, 11) is 0. The molecule has 0 aromatic heterocycles. The highest BCUT2D eigenvalue weighted by molar-refractivity contribution is 8.27. The summed E-state index contributed by atoms with van der Waals surface area (Å²) in [5.74, 6) is -1.42. The van der Waals surface area contributed by atoms with Gasteiger partial charge >= 0.3 is 5.97 Å². The van der Waals surface area contributed by atoms with Crippen molar-refractivity contribution in [1.29, 1.82) is 0 Å². The summed E-state index contributed by atoms with van der Waals surface area (Å²) in [6.07, 6.45) is 1.61. The average Bonchev–Trinajstić information content (AvgIpc) is 2.81. The number of thiocarbonyl (C=S) groups is 1. The van der Waals surface area contributed by atoms with E-state index in [4.69, 9.17) is 12.2 Å². The van der Waals surface area contributed by atoms with Gasteiger partial charge in [0.1, 0.15) is 5.75 Å². The zero-order valence-corrected chi connectivity index (χ0v) is 13.8. The molecule has 0 radical (unpaired) electrons. The molecule has 2 aromatic carbocycles. The molecule has 0 bridgehead atoms. The maximum Gasteiger partial charge on any atom is 0.337 e. The van der Waals surface area contributed by atoms with Crippen molar-refractivity contribution in [3.05, 3.63) is 64.6 Å². The number of carboxylic acid groups (broad SMARTS) is 1. The number of carbonyl (C=O) groups is 2. The third-order valence-corrected chi connectivity index (χ3v) is 4.64.